The highest BCUT2D eigenvalue weighted by Crippen LogP contribution is 2.27. The number of piperidine rings is 1. The molecular formula is C14H18I3N3O. The average molecular weight is 625 g/mol. The number of hydrogen-bond donors (Lipinski definition) is 2. The Morgan fingerprint density at radius 2 is 2.00 bits per heavy atom. The number of carbonyl (C=O) groups excluding carboxylic acids is 1. The fourth-order valence-corrected chi connectivity index (χ4v) is 6.33. The van der Waals surface area contributed by atoms with E-state index in [0.29, 0.717) is 12.6 Å². The van der Waals surface area contributed by atoms with Crippen molar-refractivity contribution in [2.45, 2.75) is 18.9 Å². The first-order valence-electron chi connectivity index (χ1n) is 6.83. The summed E-state index contributed by atoms with van der Waals surface area (Å²) in [7, 11) is 1.99. The molecule has 1 saturated heterocycles. The third kappa shape index (κ3) is 5.43. The standard InChI is InChI=1S/C14H18I3N3O/c1-18-10-3-2-4-20(7-10)8-13(21)19-14-11(16)5-9(15)6-12(14)17/h5-6,10,18H,2-4,7-8H2,1H3,(H,19,21). The summed E-state index contributed by atoms with van der Waals surface area (Å²) in [4.78, 5) is 14.5. The fourth-order valence-electron chi connectivity index (χ4n) is 2.48. The number of likely N-dealkylation sites (N-methyl/N-ethyl adjacent to an activating group) is 1. The summed E-state index contributed by atoms with van der Waals surface area (Å²) in [6.45, 7) is 2.42. The number of amides is 1. The number of carbonyl (C=O) groups is 1. The number of nitrogens with zero attached hydrogens (tertiary/aromatic N) is 1. The molecule has 0 spiro atoms. The zero-order chi connectivity index (χ0) is 15.4. The molecule has 1 aliphatic heterocycles. The zero-order valence-corrected chi connectivity index (χ0v) is 18.2. The van der Waals surface area contributed by atoms with Crippen molar-refractivity contribution in [1.29, 1.82) is 0 Å². The number of nitrogens with one attached hydrogen (secondary N) is 2. The maximum absolute atomic E-state index is 12.3. The van der Waals surface area contributed by atoms with Crippen molar-refractivity contribution in [2.75, 3.05) is 32.0 Å². The lowest BCUT2D eigenvalue weighted by Gasteiger charge is -2.32. The highest BCUT2D eigenvalue weighted by molar-refractivity contribution is 14.1. The van der Waals surface area contributed by atoms with Crippen molar-refractivity contribution in [3.8, 4) is 0 Å². The third-order valence-electron chi connectivity index (χ3n) is 3.55. The van der Waals surface area contributed by atoms with Gasteiger partial charge in [0.15, 0.2) is 0 Å². The van der Waals surface area contributed by atoms with Gasteiger partial charge in [-0.3, -0.25) is 9.69 Å². The molecule has 4 nitrogen and oxygen atoms in total. The summed E-state index contributed by atoms with van der Waals surface area (Å²) >= 11 is 6.85. The summed E-state index contributed by atoms with van der Waals surface area (Å²) in [5.41, 5.74) is 0.934. The van der Waals surface area contributed by atoms with Crippen molar-refractivity contribution in [2.24, 2.45) is 0 Å². The van der Waals surface area contributed by atoms with E-state index in [1.54, 1.807) is 0 Å². The number of anilines is 1. The molecule has 21 heavy (non-hydrogen) atoms. The van der Waals surface area contributed by atoms with Crippen LogP contribution in [0.4, 0.5) is 5.69 Å². The molecule has 2 rings (SSSR count). The summed E-state index contributed by atoms with van der Waals surface area (Å²) < 4.78 is 3.36. The molecule has 7 heteroatoms. The first-order chi connectivity index (χ1) is 9.99. The van der Waals surface area contributed by atoms with Gasteiger partial charge in [0.05, 0.1) is 12.2 Å². The van der Waals surface area contributed by atoms with E-state index in [0.717, 1.165) is 32.3 Å². The number of halogens is 3. The maximum Gasteiger partial charge on any atom is 0.238 e. The first kappa shape index (κ1) is 18.1. The highest BCUT2D eigenvalue weighted by atomic mass is 127. The Morgan fingerprint density at radius 3 is 2.62 bits per heavy atom. The Labute approximate surface area is 166 Å². The Hall–Kier alpha value is 0.800. The molecule has 1 fully saturated rings. The Balaban J connectivity index is 1.96. The van der Waals surface area contributed by atoms with Gasteiger partial charge in [0.1, 0.15) is 0 Å². The zero-order valence-electron chi connectivity index (χ0n) is 11.8. The minimum Gasteiger partial charge on any atom is -0.323 e. The van der Waals surface area contributed by atoms with Crippen LogP contribution in [0.25, 0.3) is 0 Å². The van der Waals surface area contributed by atoms with Crippen LogP contribution in [0.1, 0.15) is 12.8 Å². The van der Waals surface area contributed by atoms with Crippen molar-refractivity contribution < 1.29 is 4.79 Å². The number of rotatable bonds is 4. The van der Waals surface area contributed by atoms with Gasteiger partial charge in [-0.15, -0.1) is 0 Å². The molecule has 1 heterocycles. The molecule has 1 unspecified atom stereocenters. The number of benzene rings is 1. The molecule has 0 radical (unpaired) electrons. The molecule has 1 aromatic rings. The second-order valence-electron chi connectivity index (χ2n) is 5.16. The average Bonchev–Trinajstić information content (AvgIpc) is 2.43. The summed E-state index contributed by atoms with van der Waals surface area (Å²) in [5, 5.41) is 6.37. The summed E-state index contributed by atoms with van der Waals surface area (Å²) in [6.07, 6.45) is 2.35. The van der Waals surface area contributed by atoms with E-state index in [2.05, 4.69) is 95.4 Å². The van der Waals surface area contributed by atoms with Gasteiger partial charge in [0, 0.05) is 23.3 Å². The molecule has 116 valence electrons. The normalized spacial score (nSPS) is 19.5. The van der Waals surface area contributed by atoms with E-state index >= 15 is 0 Å². The summed E-state index contributed by atoms with van der Waals surface area (Å²) in [6, 6.07) is 4.67. The lowest BCUT2D eigenvalue weighted by molar-refractivity contribution is -0.117. The van der Waals surface area contributed by atoms with Crippen LogP contribution in [0.15, 0.2) is 12.1 Å². The monoisotopic (exact) mass is 625 g/mol. The second-order valence-corrected chi connectivity index (χ2v) is 8.73. The topological polar surface area (TPSA) is 44.4 Å². The molecule has 0 aromatic heterocycles. The van der Waals surface area contributed by atoms with Crippen LogP contribution in [0.5, 0.6) is 0 Å². The summed E-state index contributed by atoms with van der Waals surface area (Å²) in [5.74, 6) is 0.0730. The molecule has 2 N–H and O–H groups in total. The van der Waals surface area contributed by atoms with Gasteiger partial charge in [-0.2, -0.15) is 0 Å². The van der Waals surface area contributed by atoms with Crippen LogP contribution < -0.4 is 10.6 Å². The van der Waals surface area contributed by atoms with Crippen molar-refractivity contribution in [1.82, 2.24) is 10.2 Å². The SMILES string of the molecule is CNC1CCCN(CC(=O)Nc2c(I)cc(I)cc2I)C1. The van der Waals surface area contributed by atoms with E-state index < -0.39 is 0 Å². The van der Waals surface area contributed by atoms with Crippen LogP contribution >= 0.6 is 67.8 Å². The van der Waals surface area contributed by atoms with E-state index in [1.807, 2.05) is 7.05 Å². The second kappa shape index (κ2) is 8.60. The van der Waals surface area contributed by atoms with Crippen LogP contribution in [0.3, 0.4) is 0 Å². The first-order valence-corrected chi connectivity index (χ1v) is 10.1. The van der Waals surface area contributed by atoms with E-state index in [9.17, 15) is 4.79 Å². The predicted molar refractivity (Wildman–Crippen MR) is 112 cm³/mol. The molecule has 1 amide bonds. The van der Waals surface area contributed by atoms with E-state index in [4.69, 9.17) is 0 Å². The van der Waals surface area contributed by atoms with Crippen LogP contribution in [0.2, 0.25) is 0 Å². The van der Waals surface area contributed by atoms with Gasteiger partial charge >= 0.3 is 0 Å². The molecule has 1 aromatic carbocycles. The van der Waals surface area contributed by atoms with Gasteiger partial charge in [-0.25, -0.2) is 0 Å². The predicted octanol–water partition coefficient (Wildman–Crippen LogP) is 3.12. The van der Waals surface area contributed by atoms with Gasteiger partial charge < -0.3 is 10.6 Å². The Bertz CT molecular complexity index is 501. The highest BCUT2D eigenvalue weighted by Gasteiger charge is 2.21. The van der Waals surface area contributed by atoms with Gasteiger partial charge in [-0.1, -0.05) is 0 Å². The molecule has 1 aliphatic rings. The minimum atomic E-state index is 0.0730. The lowest BCUT2D eigenvalue weighted by atomic mass is 10.1. The van der Waals surface area contributed by atoms with Gasteiger partial charge in [-0.05, 0) is 106 Å². The van der Waals surface area contributed by atoms with Crippen LogP contribution in [-0.4, -0.2) is 43.5 Å². The number of likely N-dealkylation sites (tertiary alicyclic amines) is 1. The van der Waals surface area contributed by atoms with Crippen molar-refractivity contribution >= 4 is 79.4 Å². The lowest BCUT2D eigenvalue weighted by Crippen LogP contribution is -2.47. The van der Waals surface area contributed by atoms with Gasteiger partial charge in [0.2, 0.25) is 5.91 Å². The third-order valence-corrected chi connectivity index (χ3v) is 5.88. The maximum atomic E-state index is 12.3. The van der Waals surface area contributed by atoms with E-state index in [-0.39, 0.29) is 5.91 Å². The minimum absolute atomic E-state index is 0.0730. The molecule has 0 aliphatic carbocycles. The molecule has 1 atom stereocenters. The Kier molecular flexibility index (Phi) is 7.43. The largest absolute Gasteiger partial charge is 0.323 e. The van der Waals surface area contributed by atoms with E-state index in [1.165, 1.54) is 9.99 Å². The quantitative estimate of drug-likeness (QED) is 0.507. The molecule has 0 saturated carbocycles. The van der Waals surface area contributed by atoms with Crippen LogP contribution in [0, 0.1) is 10.7 Å². The van der Waals surface area contributed by atoms with Gasteiger partial charge in [0.25, 0.3) is 0 Å². The fraction of sp³-hybridized carbons (Fsp3) is 0.500. The smallest absolute Gasteiger partial charge is 0.238 e. The molecule has 0 bridgehead atoms. The van der Waals surface area contributed by atoms with Crippen molar-refractivity contribution in [3.05, 3.63) is 22.8 Å². The number of hydrogen-bond acceptors (Lipinski definition) is 3. The van der Waals surface area contributed by atoms with Crippen LogP contribution in [-0.2, 0) is 4.79 Å². The molecular weight excluding hydrogens is 607 g/mol. The van der Waals surface area contributed by atoms with Crippen molar-refractivity contribution in [3.63, 3.8) is 0 Å². The Morgan fingerprint density at radius 1 is 1.33 bits per heavy atom.